The molecule has 256 valence electrons. The Balaban J connectivity index is 0.000000151. The molecule has 2 saturated heterocycles. The number of ether oxygens (including phenoxy) is 1. The molecule has 6 atom stereocenters. The number of nitrogens with zero attached hydrogens (tertiary/aromatic N) is 4. The number of nitrogens with one attached hydrogen (secondary N) is 1. The summed E-state index contributed by atoms with van der Waals surface area (Å²) in [6.07, 6.45) is 14.8. The van der Waals surface area contributed by atoms with Crippen LogP contribution in [0.1, 0.15) is 38.5 Å². The lowest BCUT2D eigenvalue weighted by atomic mass is 9.88. The first-order valence-electron chi connectivity index (χ1n) is 18.1. The van der Waals surface area contributed by atoms with E-state index in [9.17, 15) is 8.42 Å². The molecular weight excluding hydrogens is 607 g/mol. The number of piperazine rings is 2. The van der Waals surface area contributed by atoms with Gasteiger partial charge in [-0.1, -0.05) is 42.8 Å². The van der Waals surface area contributed by atoms with E-state index < -0.39 is 10.0 Å². The average molecular weight is 662 g/mol. The smallest absolute Gasteiger partial charge is 0.229 e. The molecule has 0 radical (unpaired) electrons. The van der Waals surface area contributed by atoms with Crippen LogP contribution < -0.4 is 19.3 Å². The van der Waals surface area contributed by atoms with Crippen LogP contribution >= 0.6 is 0 Å². The molecule has 2 aromatic carbocycles. The lowest BCUT2D eigenvalue weighted by Gasteiger charge is -2.39. The third kappa shape index (κ3) is 7.94. The normalized spacial score (nSPS) is 30.4. The van der Waals surface area contributed by atoms with Crippen molar-refractivity contribution in [3.63, 3.8) is 0 Å². The minimum atomic E-state index is -3.26. The molecule has 0 spiro atoms. The molecular formula is C38H55N5O3S. The maximum atomic E-state index is 11.6. The van der Waals surface area contributed by atoms with Crippen molar-refractivity contribution in [1.29, 1.82) is 0 Å². The summed E-state index contributed by atoms with van der Waals surface area (Å²) < 4.78 is 31.4. The highest BCUT2D eigenvalue weighted by molar-refractivity contribution is 7.92. The molecule has 3 saturated carbocycles. The van der Waals surface area contributed by atoms with Gasteiger partial charge in [-0.25, -0.2) is 8.42 Å². The second-order valence-corrected chi connectivity index (χ2v) is 16.9. The average Bonchev–Trinajstić information content (AvgIpc) is 3.89. The first kappa shape index (κ1) is 32.8. The van der Waals surface area contributed by atoms with Gasteiger partial charge in [0, 0.05) is 65.4 Å². The van der Waals surface area contributed by atoms with Crippen LogP contribution in [0, 0.1) is 35.5 Å². The predicted molar refractivity (Wildman–Crippen MR) is 193 cm³/mol. The van der Waals surface area contributed by atoms with E-state index >= 15 is 0 Å². The maximum absolute atomic E-state index is 11.6. The summed E-state index contributed by atoms with van der Waals surface area (Å²) >= 11 is 0. The summed E-state index contributed by atoms with van der Waals surface area (Å²) in [7, 11) is -1.50. The Morgan fingerprint density at radius 2 is 1.36 bits per heavy atom. The molecule has 2 aliphatic heterocycles. The highest BCUT2D eigenvalue weighted by Crippen LogP contribution is 2.48. The third-order valence-electron chi connectivity index (χ3n) is 12.0. The van der Waals surface area contributed by atoms with Crippen molar-refractivity contribution in [1.82, 2.24) is 9.80 Å². The summed E-state index contributed by atoms with van der Waals surface area (Å²) in [5, 5.41) is 0. The van der Waals surface area contributed by atoms with E-state index in [0.717, 1.165) is 86.2 Å². The molecule has 1 N–H and O–H groups in total. The van der Waals surface area contributed by atoms with Gasteiger partial charge in [0.25, 0.3) is 0 Å². The van der Waals surface area contributed by atoms with E-state index in [0.29, 0.717) is 5.69 Å². The number of hydrogen-bond donors (Lipinski definition) is 1. The largest absolute Gasteiger partial charge is 0.495 e. The second kappa shape index (κ2) is 14.4. The zero-order chi connectivity index (χ0) is 32.4. The highest BCUT2D eigenvalue weighted by atomic mass is 32.2. The minimum Gasteiger partial charge on any atom is -0.495 e. The zero-order valence-electron chi connectivity index (χ0n) is 28.5. The molecule has 0 amide bonds. The van der Waals surface area contributed by atoms with Gasteiger partial charge in [0.15, 0.2) is 0 Å². The van der Waals surface area contributed by atoms with Crippen molar-refractivity contribution in [2.45, 2.75) is 38.5 Å². The van der Waals surface area contributed by atoms with Crippen LogP contribution in [-0.2, 0) is 10.0 Å². The number of fused-ring (bicyclic) bond motifs is 4. The van der Waals surface area contributed by atoms with Crippen LogP contribution in [0.15, 0.2) is 60.7 Å². The highest BCUT2D eigenvalue weighted by Gasteiger charge is 2.40. The van der Waals surface area contributed by atoms with Crippen molar-refractivity contribution >= 4 is 27.1 Å². The fourth-order valence-electron chi connectivity index (χ4n) is 9.64. The molecule has 47 heavy (non-hydrogen) atoms. The summed E-state index contributed by atoms with van der Waals surface area (Å²) in [4.78, 5) is 10.1. The number of rotatable bonds is 9. The topological polar surface area (TPSA) is 68.4 Å². The molecule has 8 rings (SSSR count). The second-order valence-electron chi connectivity index (χ2n) is 15.1. The van der Waals surface area contributed by atoms with Crippen molar-refractivity contribution < 1.29 is 13.2 Å². The number of benzene rings is 2. The van der Waals surface area contributed by atoms with E-state index in [-0.39, 0.29) is 0 Å². The molecule has 2 aromatic rings. The van der Waals surface area contributed by atoms with Crippen LogP contribution in [0.5, 0.6) is 5.75 Å². The molecule has 6 unspecified atom stereocenters. The lowest BCUT2D eigenvalue weighted by Crippen LogP contribution is -2.48. The van der Waals surface area contributed by atoms with Gasteiger partial charge < -0.3 is 14.5 Å². The van der Waals surface area contributed by atoms with E-state index in [2.05, 4.69) is 54.7 Å². The molecule has 5 fully saturated rings. The van der Waals surface area contributed by atoms with E-state index in [4.69, 9.17) is 4.74 Å². The fraction of sp³-hybridized carbons (Fsp3) is 0.632. The van der Waals surface area contributed by atoms with Crippen molar-refractivity contribution in [3.05, 3.63) is 60.7 Å². The van der Waals surface area contributed by atoms with Gasteiger partial charge in [0.2, 0.25) is 10.0 Å². The first-order valence-corrected chi connectivity index (χ1v) is 20.0. The van der Waals surface area contributed by atoms with Crippen LogP contribution in [-0.4, -0.2) is 97.0 Å². The summed E-state index contributed by atoms with van der Waals surface area (Å²) in [6, 6.07) is 16.1. The Hall–Kier alpha value is -2.75. The summed E-state index contributed by atoms with van der Waals surface area (Å²) in [6.45, 7) is 11.2. The SMILES string of the molecule is COc1ccccc1N1CCN(CC2CC3C=CC2C3)CC1.CS(=O)(=O)Nc1ccccc1N1CCN(CC2CC3CCC2C3)CC1. The van der Waals surface area contributed by atoms with Crippen LogP contribution in [0.3, 0.4) is 0 Å². The maximum Gasteiger partial charge on any atom is 0.229 e. The van der Waals surface area contributed by atoms with E-state index in [1.54, 1.807) is 7.11 Å². The molecule has 0 aromatic heterocycles. The van der Waals surface area contributed by atoms with Crippen molar-refractivity contribution in [3.8, 4) is 5.75 Å². The standard InChI is InChI=1S/C19H29N3O2S.C19H26N2O/c1-25(23,24)20-18-4-2-3-5-19(18)22-10-8-21(9-11-22)14-17-13-15-6-7-16(17)12-15;1-22-19-5-3-2-4-18(19)21-10-8-20(9-11-21)14-17-13-15-6-7-16(17)12-15/h2-5,15-17,20H,6-14H2,1H3;2-7,15-17H,8-14H2,1H3. The fourth-order valence-corrected chi connectivity index (χ4v) is 10.2. The minimum absolute atomic E-state index is 0.687. The number of allylic oxidation sites excluding steroid dienone is 2. The van der Waals surface area contributed by atoms with Gasteiger partial charge in [-0.2, -0.15) is 0 Å². The van der Waals surface area contributed by atoms with E-state index in [1.165, 1.54) is 76.6 Å². The third-order valence-corrected chi connectivity index (χ3v) is 12.6. The van der Waals surface area contributed by atoms with Crippen LogP contribution in [0.25, 0.3) is 0 Å². The molecule has 6 aliphatic rings. The predicted octanol–water partition coefficient (Wildman–Crippen LogP) is 5.65. The van der Waals surface area contributed by atoms with Crippen molar-refractivity contribution in [2.24, 2.45) is 35.5 Å². The monoisotopic (exact) mass is 661 g/mol. The van der Waals surface area contributed by atoms with Gasteiger partial charge in [0.05, 0.1) is 30.4 Å². The molecule has 4 bridgehead atoms. The lowest BCUT2D eigenvalue weighted by molar-refractivity contribution is 0.182. The van der Waals surface area contributed by atoms with Gasteiger partial charge in [-0.3, -0.25) is 14.5 Å². The summed E-state index contributed by atoms with van der Waals surface area (Å²) in [5.74, 6) is 6.60. The molecule has 8 nitrogen and oxygen atoms in total. The van der Waals surface area contributed by atoms with Gasteiger partial charge >= 0.3 is 0 Å². The molecule has 4 aliphatic carbocycles. The van der Waals surface area contributed by atoms with E-state index in [1.807, 2.05) is 30.3 Å². The first-order chi connectivity index (χ1) is 22.8. The molecule has 2 heterocycles. The zero-order valence-corrected chi connectivity index (χ0v) is 29.3. The Bertz CT molecular complexity index is 1480. The van der Waals surface area contributed by atoms with Gasteiger partial charge in [0.1, 0.15) is 5.75 Å². The van der Waals surface area contributed by atoms with Gasteiger partial charge in [-0.15, -0.1) is 0 Å². The molecule has 9 heteroatoms. The quantitative estimate of drug-likeness (QED) is 0.349. The Labute approximate surface area is 283 Å². The summed E-state index contributed by atoms with van der Waals surface area (Å²) in [5.41, 5.74) is 2.92. The van der Waals surface area contributed by atoms with Gasteiger partial charge in [-0.05, 0) is 91.9 Å². The Kier molecular flexibility index (Phi) is 10.0. The van der Waals surface area contributed by atoms with Crippen LogP contribution in [0.2, 0.25) is 0 Å². The number of para-hydroxylation sites is 4. The van der Waals surface area contributed by atoms with Crippen LogP contribution in [0.4, 0.5) is 17.1 Å². The number of sulfonamides is 1. The number of hydrogen-bond acceptors (Lipinski definition) is 7. The number of methoxy groups -OCH3 is 1. The van der Waals surface area contributed by atoms with Crippen molar-refractivity contribution in [2.75, 3.05) is 93.3 Å². The number of anilines is 3. The Morgan fingerprint density at radius 1 is 0.723 bits per heavy atom. The Morgan fingerprint density at radius 3 is 1.94 bits per heavy atom.